The Morgan fingerprint density at radius 2 is 2.78 bits per heavy atom. The maximum Gasteiger partial charge on any atom is 0.318 e. The van der Waals surface area contributed by atoms with Gasteiger partial charge in [-0.25, -0.2) is 9.78 Å². The van der Waals surface area contributed by atoms with E-state index in [-0.39, 0.29) is 0 Å². The highest BCUT2D eigenvalue weighted by Gasteiger charge is 1.95. The van der Waals surface area contributed by atoms with Crippen LogP contribution in [0, 0.1) is 6.20 Å². The number of carbonyl (C=O) groups is 1. The number of carbonyl (C=O) groups excluding carboxylic acids is 1. The Labute approximate surface area is 55.7 Å². The minimum absolute atomic E-state index is 0.475. The first-order valence-electron chi connectivity index (χ1n) is 2.17. The SMILES string of the molecule is NC(=O)Nc1n[c]cs1. The average molecular weight is 142 g/mol. The average Bonchev–Trinajstić information content (AvgIpc) is 2.15. The van der Waals surface area contributed by atoms with Crippen LogP contribution in [0.15, 0.2) is 5.38 Å². The van der Waals surface area contributed by atoms with Gasteiger partial charge in [-0.2, -0.15) is 0 Å². The fraction of sp³-hybridized carbons (Fsp3) is 0. The largest absolute Gasteiger partial charge is 0.351 e. The van der Waals surface area contributed by atoms with Crippen LogP contribution in [0.5, 0.6) is 0 Å². The predicted octanol–water partition coefficient (Wildman–Crippen LogP) is 0.434. The van der Waals surface area contributed by atoms with Crippen LogP contribution >= 0.6 is 11.3 Å². The van der Waals surface area contributed by atoms with Crippen molar-refractivity contribution >= 4 is 22.5 Å². The maximum atomic E-state index is 10.1. The number of amides is 2. The van der Waals surface area contributed by atoms with E-state index in [1.165, 1.54) is 11.3 Å². The summed E-state index contributed by atoms with van der Waals surface area (Å²) in [6, 6.07) is -0.599. The number of primary amides is 1. The van der Waals surface area contributed by atoms with E-state index in [0.717, 1.165) is 0 Å². The van der Waals surface area contributed by atoms with Crippen molar-refractivity contribution in [1.29, 1.82) is 0 Å². The van der Waals surface area contributed by atoms with Gasteiger partial charge in [0.15, 0.2) is 5.13 Å². The summed E-state index contributed by atoms with van der Waals surface area (Å²) in [5.74, 6) is 0. The molecular weight excluding hydrogens is 138 g/mol. The Bertz CT molecular complexity index is 196. The molecule has 3 N–H and O–H groups in total. The van der Waals surface area contributed by atoms with Gasteiger partial charge in [0.2, 0.25) is 0 Å². The van der Waals surface area contributed by atoms with Gasteiger partial charge >= 0.3 is 6.03 Å². The van der Waals surface area contributed by atoms with E-state index in [9.17, 15) is 4.79 Å². The fourth-order valence-electron chi connectivity index (χ4n) is 0.356. The molecule has 0 saturated carbocycles. The zero-order chi connectivity index (χ0) is 6.69. The summed E-state index contributed by atoms with van der Waals surface area (Å²) in [4.78, 5) is 13.8. The molecule has 1 rings (SSSR count). The third-order valence-electron chi connectivity index (χ3n) is 0.619. The predicted molar refractivity (Wildman–Crippen MR) is 34.2 cm³/mol. The van der Waals surface area contributed by atoms with Crippen molar-refractivity contribution in [2.75, 3.05) is 5.32 Å². The topological polar surface area (TPSA) is 68.0 Å². The van der Waals surface area contributed by atoms with Gasteiger partial charge < -0.3 is 5.73 Å². The lowest BCUT2D eigenvalue weighted by atomic mass is 10.9. The number of hydrogen-bond acceptors (Lipinski definition) is 3. The standard InChI is InChI=1S/C4H4N3OS/c5-3(8)7-4-6-1-2-9-4/h2H,(H3,5,6,7,8). The molecule has 1 radical (unpaired) electrons. The number of urea groups is 1. The highest BCUT2D eigenvalue weighted by Crippen LogP contribution is 2.08. The van der Waals surface area contributed by atoms with Gasteiger partial charge in [-0.15, -0.1) is 11.3 Å². The Kier molecular flexibility index (Phi) is 1.64. The molecule has 1 heterocycles. The molecule has 1 aromatic rings. The second-order valence-corrected chi connectivity index (χ2v) is 2.13. The second kappa shape index (κ2) is 2.45. The van der Waals surface area contributed by atoms with Crippen molar-refractivity contribution in [3.05, 3.63) is 11.6 Å². The smallest absolute Gasteiger partial charge is 0.318 e. The van der Waals surface area contributed by atoms with Crippen LogP contribution in [0.4, 0.5) is 9.93 Å². The van der Waals surface area contributed by atoms with E-state index < -0.39 is 6.03 Å². The molecule has 47 valence electrons. The molecule has 0 unspecified atom stereocenters. The molecule has 0 aliphatic rings. The third-order valence-corrected chi connectivity index (χ3v) is 1.26. The first-order valence-corrected chi connectivity index (χ1v) is 3.05. The van der Waals surface area contributed by atoms with E-state index in [4.69, 9.17) is 5.73 Å². The maximum absolute atomic E-state index is 10.1. The molecule has 0 aromatic carbocycles. The number of anilines is 1. The lowest BCUT2D eigenvalue weighted by molar-refractivity contribution is 0.259. The van der Waals surface area contributed by atoms with Crippen LogP contribution in [-0.2, 0) is 0 Å². The molecule has 0 atom stereocenters. The lowest BCUT2D eigenvalue weighted by Gasteiger charge is -1.90. The van der Waals surface area contributed by atoms with Crippen LogP contribution in [0.3, 0.4) is 0 Å². The van der Waals surface area contributed by atoms with Crippen LogP contribution in [0.25, 0.3) is 0 Å². The van der Waals surface area contributed by atoms with E-state index >= 15 is 0 Å². The van der Waals surface area contributed by atoms with Gasteiger partial charge in [-0.3, -0.25) is 5.32 Å². The van der Waals surface area contributed by atoms with E-state index in [2.05, 4.69) is 16.5 Å². The number of nitrogens with zero attached hydrogens (tertiary/aromatic N) is 1. The quantitative estimate of drug-likeness (QED) is 0.597. The fourth-order valence-corrected chi connectivity index (χ4v) is 0.838. The van der Waals surface area contributed by atoms with Crippen molar-refractivity contribution in [2.24, 2.45) is 5.73 Å². The van der Waals surface area contributed by atoms with Gasteiger partial charge in [0, 0.05) is 5.38 Å². The van der Waals surface area contributed by atoms with Crippen molar-refractivity contribution in [2.45, 2.75) is 0 Å². The summed E-state index contributed by atoms with van der Waals surface area (Å²) < 4.78 is 0. The first-order chi connectivity index (χ1) is 4.29. The number of rotatable bonds is 1. The molecule has 9 heavy (non-hydrogen) atoms. The number of nitrogens with two attached hydrogens (primary N) is 1. The minimum atomic E-state index is -0.599. The second-order valence-electron chi connectivity index (χ2n) is 1.27. The van der Waals surface area contributed by atoms with E-state index in [1.807, 2.05) is 0 Å². The first kappa shape index (κ1) is 6.03. The Balaban J connectivity index is 2.58. The molecule has 0 aliphatic heterocycles. The molecule has 4 nitrogen and oxygen atoms in total. The van der Waals surface area contributed by atoms with Gasteiger partial charge in [0.1, 0.15) is 6.20 Å². The summed E-state index contributed by atoms with van der Waals surface area (Å²) in [5.41, 5.74) is 4.79. The molecular formula is C4H4N3OS. The Hall–Kier alpha value is -1.10. The summed E-state index contributed by atoms with van der Waals surface area (Å²) in [5, 5.41) is 4.40. The van der Waals surface area contributed by atoms with Gasteiger partial charge in [-0.1, -0.05) is 0 Å². The third kappa shape index (κ3) is 1.69. The minimum Gasteiger partial charge on any atom is -0.351 e. The highest BCUT2D eigenvalue weighted by molar-refractivity contribution is 7.13. The highest BCUT2D eigenvalue weighted by atomic mass is 32.1. The molecule has 0 saturated heterocycles. The van der Waals surface area contributed by atoms with Gasteiger partial charge in [-0.05, 0) is 0 Å². The summed E-state index contributed by atoms with van der Waals surface area (Å²) in [7, 11) is 0. The summed E-state index contributed by atoms with van der Waals surface area (Å²) >= 11 is 1.27. The lowest BCUT2D eigenvalue weighted by Crippen LogP contribution is -2.18. The molecule has 0 spiro atoms. The molecule has 0 bridgehead atoms. The van der Waals surface area contributed by atoms with Crippen molar-refractivity contribution < 1.29 is 4.79 Å². The number of thiazole rings is 1. The molecule has 0 fully saturated rings. The zero-order valence-corrected chi connectivity index (χ0v) is 5.23. The van der Waals surface area contributed by atoms with Gasteiger partial charge in [0.25, 0.3) is 0 Å². The molecule has 2 amide bonds. The molecule has 0 aliphatic carbocycles. The monoisotopic (exact) mass is 142 g/mol. The van der Waals surface area contributed by atoms with E-state index in [0.29, 0.717) is 5.13 Å². The number of hydrogen-bond donors (Lipinski definition) is 2. The summed E-state index contributed by atoms with van der Waals surface area (Å²) in [6.45, 7) is 0. The van der Waals surface area contributed by atoms with Crippen LogP contribution in [0.2, 0.25) is 0 Å². The van der Waals surface area contributed by atoms with Crippen molar-refractivity contribution in [1.82, 2.24) is 4.98 Å². The number of nitrogens with one attached hydrogen (secondary N) is 1. The Morgan fingerprint density at radius 1 is 2.00 bits per heavy atom. The van der Waals surface area contributed by atoms with Crippen LogP contribution in [-0.4, -0.2) is 11.0 Å². The zero-order valence-electron chi connectivity index (χ0n) is 4.42. The molecule has 1 aromatic heterocycles. The molecule has 5 heteroatoms. The van der Waals surface area contributed by atoms with E-state index in [1.54, 1.807) is 5.38 Å². The normalized spacial score (nSPS) is 8.89. The van der Waals surface area contributed by atoms with Crippen LogP contribution in [0.1, 0.15) is 0 Å². The van der Waals surface area contributed by atoms with Crippen molar-refractivity contribution in [3.63, 3.8) is 0 Å². The van der Waals surface area contributed by atoms with Crippen molar-refractivity contribution in [3.8, 4) is 0 Å². The van der Waals surface area contributed by atoms with Gasteiger partial charge in [0.05, 0.1) is 0 Å². The number of aromatic nitrogens is 1. The Morgan fingerprint density at radius 3 is 3.22 bits per heavy atom. The van der Waals surface area contributed by atoms with Crippen LogP contribution < -0.4 is 11.1 Å². The summed E-state index contributed by atoms with van der Waals surface area (Å²) in [6.07, 6.45) is 2.53.